The molecular weight excluding hydrogens is 308 g/mol. The molecule has 0 fully saturated rings. The lowest BCUT2D eigenvalue weighted by molar-refractivity contribution is -0.121. The quantitative estimate of drug-likeness (QED) is 0.878. The van der Waals surface area contributed by atoms with Crippen LogP contribution in [0.3, 0.4) is 0 Å². The lowest BCUT2D eigenvalue weighted by atomic mass is 10.1. The molecule has 2 heterocycles. The van der Waals surface area contributed by atoms with Crippen molar-refractivity contribution in [2.24, 2.45) is 5.92 Å². The summed E-state index contributed by atoms with van der Waals surface area (Å²) < 4.78 is 1.88. The van der Waals surface area contributed by atoms with Gasteiger partial charge in [0.05, 0.1) is 10.9 Å². The molecule has 0 aromatic carbocycles. The van der Waals surface area contributed by atoms with E-state index in [2.05, 4.69) is 31.4 Å². The van der Waals surface area contributed by atoms with Crippen molar-refractivity contribution < 1.29 is 4.79 Å². The second-order valence-electron chi connectivity index (χ2n) is 4.86. The molecule has 2 aromatic rings. The number of amides is 1. The van der Waals surface area contributed by atoms with Crippen molar-refractivity contribution in [1.29, 1.82) is 0 Å². The summed E-state index contributed by atoms with van der Waals surface area (Å²) in [5.74, 6) is 0.935. The standard InChI is InChI=1S/C13H17BrN4O/c1-8(2)11(14)13(19)15-9(3)12-17-16-10-6-4-5-7-18(10)12/h4-9,11H,1-3H3,(H,15,19). The molecule has 0 radical (unpaired) electrons. The Morgan fingerprint density at radius 2 is 2.05 bits per heavy atom. The first-order valence-electron chi connectivity index (χ1n) is 6.25. The molecule has 0 bridgehead atoms. The van der Waals surface area contributed by atoms with Crippen LogP contribution in [0.2, 0.25) is 0 Å². The van der Waals surface area contributed by atoms with Gasteiger partial charge in [0.1, 0.15) is 0 Å². The molecule has 0 spiro atoms. The Balaban J connectivity index is 2.16. The number of pyridine rings is 1. The minimum Gasteiger partial charge on any atom is -0.345 e. The van der Waals surface area contributed by atoms with Crippen molar-refractivity contribution in [3.05, 3.63) is 30.2 Å². The monoisotopic (exact) mass is 324 g/mol. The summed E-state index contributed by atoms with van der Waals surface area (Å²) in [6.07, 6.45) is 1.89. The molecular formula is C13H17BrN4O. The molecule has 102 valence electrons. The Bertz CT molecular complexity index is 581. The molecule has 6 heteroatoms. The van der Waals surface area contributed by atoms with E-state index in [0.29, 0.717) is 0 Å². The normalized spacial score (nSPS) is 14.6. The van der Waals surface area contributed by atoms with E-state index < -0.39 is 0 Å². The molecule has 0 aliphatic heterocycles. The van der Waals surface area contributed by atoms with Gasteiger partial charge in [-0.15, -0.1) is 10.2 Å². The molecule has 1 amide bonds. The molecule has 19 heavy (non-hydrogen) atoms. The fourth-order valence-electron chi connectivity index (χ4n) is 1.82. The fourth-order valence-corrected chi connectivity index (χ4v) is 1.95. The van der Waals surface area contributed by atoms with Gasteiger partial charge in [-0.1, -0.05) is 35.8 Å². The third kappa shape index (κ3) is 2.94. The molecule has 0 aliphatic carbocycles. The summed E-state index contributed by atoms with van der Waals surface area (Å²) in [6.45, 7) is 5.90. The maximum Gasteiger partial charge on any atom is 0.234 e. The van der Waals surface area contributed by atoms with E-state index in [9.17, 15) is 4.79 Å². The SMILES string of the molecule is CC(NC(=O)C(Br)C(C)C)c1nnc2ccccn12. The molecule has 0 saturated carbocycles. The van der Waals surface area contributed by atoms with Crippen LogP contribution < -0.4 is 5.32 Å². The van der Waals surface area contributed by atoms with Crippen molar-refractivity contribution >= 4 is 27.5 Å². The predicted molar refractivity (Wildman–Crippen MR) is 77.1 cm³/mol. The molecule has 2 aromatic heterocycles. The van der Waals surface area contributed by atoms with Crippen LogP contribution in [0, 0.1) is 5.92 Å². The van der Waals surface area contributed by atoms with E-state index in [4.69, 9.17) is 0 Å². The number of nitrogens with zero attached hydrogens (tertiary/aromatic N) is 3. The predicted octanol–water partition coefficient (Wildman–Crippen LogP) is 2.33. The average molecular weight is 325 g/mol. The Morgan fingerprint density at radius 1 is 1.32 bits per heavy atom. The number of hydrogen-bond donors (Lipinski definition) is 1. The van der Waals surface area contributed by atoms with Crippen molar-refractivity contribution in [3.63, 3.8) is 0 Å². The van der Waals surface area contributed by atoms with E-state index in [1.807, 2.05) is 49.6 Å². The first kappa shape index (κ1) is 14.0. The Labute approximate surface area is 120 Å². The maximum absolute atomic E-state index is 12.0. The zero-order valence-corrected chi connectivity index (χ0v) is 12.8. The lowest BCUT2D eigenvalue weighted by Crippen LogP contribution is -2.36. The third-order valence-corrected chi connectivity index (χ3v) is 4.40. The molecule has 5 nitrogen and oxygen atoms in total. The van der Waals surface area contributed by atoms with E-state index in [-0.39, 0.29) is 22.7 Å². The van der Waals surface area contributed by atoms with Crippen LogP contribution in [-0.2, 0) is 4.79 Å². The summed E-state index contributed by atoms with van der Waals surface area (Å²) in [4.78, 5) is 11.8. The van der Waals surface area contributed by atoms with E-state index >= 15 is 0 Å². The van der Waals surface area contributed by atoms with Crippen LogP contribution in [0.15, 0.2) is 24.4 Å². The van der Waals surface area contributed by atoms with Gasteiger partial charge in [-0.25, -0.2) is 0 Å². The number of hydrogen-bond acceptors (Lipinski definition) is 3. The van der Waals surface area contributed by atoms with E-state index in [0.717, 1.165) is 11.5 Å². The van der Waals surface area contributed by atoms with Crippen LogP contribution in [-0.4, -0.2) is 25.3 Å². The average Bonchev–Trinajstić information content (AvgIpc) is 2.81. The zero-order chi connectivity index (χ0) is 14.0. The lowest BCUT2D eigenvalue weighted by Gasteiger charge is -2.17. The van der Waals surface area contributed by atoms with Gasteiger partial charge in [-0.05, 0) is 25.0 Å². The smallest absolute Gasteiger partial charge is 0.234 e. The van der Waals surface area contributed by atoms with Crippen LogP contribution in [0.25, 0.3) is 5.65 Å². The highest BCUT2D eigenvalue weighted by molar-refractivity contribution is 9.10. The summed E-state index contributed by atoms with van der Waals surface area (Å²) >= 11 is 3.39. The number of fused-ring (bicyclic) bond motifs is 1. The van der Waals surface area contributed by atoms with Gasteiger partial charge in [-0.2, -0.15) is 0 Å². The number of rotatable bonds is 4. The van der Waals surface area contributed by atoms with E-state index in [1.165, 1.54) is 0 Å². The highest BCUT2D eigenvalue weighted by Crippen LogP contribution is 2.16. The van der Waals surface area contributed by atoms with Gasteiger partial charge in [0.15, 0.2) is 11.5 Å². The zero-order valence-electron chi connectivity index (χ0n) is 11.2. The molecule has 0 aliphatic rings. The second kappa shape index (κ2) is 5.69. The first-order chi connectivity index (χ1) is 9.00. The number of alkyl halides is 1. The summed E-state index contributed by atoms with van der Waals surface area (Å²) in [6, 6.07) is 5.51. The van der Waals surface area contributed by atoms with Crippen LogP contribution >= 0.6 is 15.9 Å². The van der Waals surface area contributed by atoms with Crippen LogP contribution in [0.5, 0.6) is 0 Å². The molecule has 1 N–H and O–H groups in total. The molecule has 0 saturated heterocycles. The topological polar surface area (TPSA) is 59.3 Å². The molecule has 2 atom stereocenters. The highest BCUT2D eigenvalue weighted by Gasteiger charge is 2.22. The van der Waals surface area contributed by atoms with Crippen molar-refractivity contribution in [2.75, 3.05) is 0 Å². The van der Waals surface area contributed by atoms with Gasteiger partial charge < -0.3 is 5.32 Å². The van der Waals surface area contributed by atoms with Gasteiger partial charge in [-0.3, -0.25) is 9.20 Å². The van der Waals surface area contributed by atoms with Crippen LogP contribution in [0.1, 0.15) is 32.6 Å². The number of nitrogens with one attached hydrogen (secondary N) is 1. The third-order valence-electron chi connectivity index (χ3n) is 2.92. The molecule has 2 unspecified atom stereocenters. The minimum atomic E-state index is -0.200. The first-order valence-corrected chi connectivity index (χ1v) is 7.16. The van der Waals surface area contributed by atoms with Gasteiger partial charge in [0.2, 0.25) is 5.91 Å². The Morgan fingerprint density at radius 3 is 2.74 bits per heavy atom. The summed E-state index contributed by atoms with van der Waals surface area (Å²) in [5, 5.41) is 11.2. The number of aromatic nitrogens is 3. The highest BCUT2D eigenvalue weighted by atomic mass is 79.9. The molecule has 2 rings (SSSR count). The fraction of sp³-hybridized carbons (Fsp3) is 0.462. The Kier molecular flexibility index (Phi) is 4.19. The summed E-state index contributed by atoms with van der Waals surface area (Å²) in [7, 11) is 0. The Hall–Kier alpha value is -1.43. The minimum absolute atomic E-state index is 0.0322. The van der Waals surface area contributed by atoms with Crippen LogP contribution in [0.4, 0.5) is 0 Å². The van der Waals surface area contributed by atoms with Gasteiger partial charge >= 0.3 is 0 Å². The van der Waals surface area contributed by atoms with Gasteiger partial charge in [0.25, 0.3) is 0 Å². The van der Waals surface area contributed by atoms with Crippen molar-refractivity contribution in [3.8, 4) is 0 Å². The number of carbonyl (C=O) groups is 1. The maximum atomic E-state index is 12.0. The van der Waals surface area contributed by atoms with Crippen molar-refractivity contribution in [2.45, 2.75) is 31.6 Å². The second-order valence-corrected chi connectivity index (χ2v) is 5.85. The number of carbonyl (C=O) groups excluding carboxylic acids is 1. The van der Waals surface area contributed by atoms with Gasteiger partial charge in [0, 0.05) is 6.20 Å². The largest absolute Gasteiger partial charge is 0.345 e. The van der Waals surface area contributed by atoms with Crippen molar-refractivity contribution in [1.82, 2.24) is 19.9 Å². The summed E-state index contributed by atoms with van der Waals surface area (Å²) in [5.41, 5.74) is 0.776. The van der Waals surface area contributed by atoms with E-state index in [1.54, 1.807) is 0 Å². The number of halogens is 1.